The third kappa shape index (κ3) is 4.32. The Hall–Kier alpha value is -3.61. The molecule has 0 radical (unpaired) electrons. The molecule has 206 valence electrons. The second-order valence-corrected chi connectivity index (χ2v) is 11.0. The molecular weight excluding hydrogens is 525 g/mol. The molecule has 0 aliphatic heterocycles. The molecule has 0 aromatic carbocycles. The van der Waals surface area contributed by atoms with E-state index >= 15 is 0 Å². The molecule has 2 aliphatic rings. The Labute approximate surface area is 218 Å². The van der Waals surface area contributed by atoms with Crippen molar-refractivity contribution < 1.29 is 36.3 Å². The fourth-order valence-corrected chi connectivity index (χ4v) is 5.70. The van der Waals surface area contributed by atoms with Gasteiger partial charge in [-0.3, -0.25) is 4.79 Å². The number of hydrogen-bond acceptors (Lipinski definition) is 6. The summed E-state index contributed by atoms with van der Waals surface area (Å²) in [6.07, 6.45) is -3.19. The average molecular weight is 550 g/mol. The molecule has 4 heterocycles. The summed E-state index contributed by atoms with van der Waals surface area (Å²) in [7, 11) is 0. The van der Waals surface area contributed by atoms with Crippen LogP contribution in [0.2, 0.25) is 0 Å². The van der Waals surface area contributed by atoms with E-state index in [0.717, 1.165) is 18.0 Å². The number of ketones is 1. The van der Waals surface area contributed by atoms with Crippen molar-refractivity contribution in [2.45, 2.75) is 63.7 Å². The molecule has 2 aliphatic carbocycles. The second kappa shape index (κ2) is 8.44. The number of aromatic nitrogens is 5. The number of carbonyl (C=O) groups excluding carboxylic acids is 1. The van der Waals surface area contributed by atoms with Gasteiger partial charge in [-0.05, 0) is 63.1 Å². The van der Waals surface area contributed by atoms with Crippen LogP contribution in [0.15, 0.2) is 35.1 Å². The molecule has 2 N–H and O–H groups in total. The fraction of sp³-hybridized carbons (Fsp3) is 0.462. The lowest BCUT2D eigenvalue weighted by Gasteiger charge is -2.19. The molecule has 8 nitrogen and oxygen atoms in total. The van der Waals surface area contributed by atoms with E-state index in [2.05, 4.69) is 20.1 Å². The molecule has 2 unspecified atom stereocenters. The van der Waals surface area contributed by atoms with E-state index in [0.29, 0.717) is 42.6 Å². The van der Waals surface area contributed by atoms with Gasteiger partial charge in [-0.25, -0.2) is 23.3 Å². The second-order valence-electron chi connectivity index (χ2n) is 11.0. The van der Waals surface area contributed by atoms with Gasteiger partial charge in [0.05, 0.1) is 28.8 Å². The number of aliphatic hydroxyl groups is 1. The SMILES string of the molecule is CC(C)(O)c1nc(C(F)F)c(C(=O)C2CC23CCc2[nH]cnc2[C@H](c2cc4ccc(C(F)(F)F)cn4n2)C3)o1. The molecule has 6 rings (SSSR count). The van der Waals surface area contributed by atoms with Crippen molar-refractivity contribution in [1.82, 2.24) is 24.6 Å². The summed E-state index contributed by atoms with van der Waals surface area (Å²) in [4.78, 5) is 24.8. The van der Waals surface area contributed by atoms with E-state index in [1.165, 1.54) is 24.4 Å². The van der Waals surface area contributed by atoms with Crippen LogP contribution in [0.1, 0.15) is 90.2 Å². The van der Waals surface area contributed by atoms with E-state index in [1.807, 2.05) is 0 Å². The van der Waals surface area contributed by atoms with Crippen LogP contribution >= 0.6 is 0 Å². The Bertz CT molecular complexity index is 1580. The Balaban J connectivity index is 1.35. The lowest BCUT2D eigenvalue weighted by atomic mass is 9.85. The summed E-state index contributed by atoms with van der Waals surface area (Å²) in [6, 6.07) is 4.03. The highest BCUT2D eigenvalue weighted by atomic mass is 19.4. The Kier molecular flexibility index (Phi) is 5.55. The molecule has 39 heavy (non-hydrogen) atoms. The predicted molar refractivity (Wildman–Crippen MR) is 125 cm³/mol. The molecule has 3 atom stereocenters. The monoisotopic (exact) mass is 549 g/mol. The van der Waals surface area contributed by atoms with E-state index in [1.54, 1.807) is 12.4 Å². The number of pyridine rings is 1. The molecule has 0 bridgehead atoms. The lowest BCUT2D eigenvalue weighted by Crippen LogP contribution is -2.16. The van der Waals surface area contributed by atoms with Gasteiger partial charge in [0.15, 0.2) is 11.5 Å². The number of imidazole rings is 1. The number of rotatable bonds is 5. The molecule has 13 heteroatoms. The van der Waals surface area contributed by atoms with Crippen LogP contribution in [0.3, 0.4) is 0 Å². The van der Waals surface area contributed by atoms with E-state index in [4.69, 9.17) is 4.42 Å². The smallest absolute Gasteiger partial charge is 0.417 e. The third-order valence-electron chi connectivity index (χ3n) is 7.84. The topological polar surface area (TPSA) is 109 Å². The van der Waals surface area contributed by atoms with E-state index in [-0.39, 0.29) is 5.89 Å². The number of hydrogen-bond donors (Lipinski definition) is 2. The first-order chi connectivity index (χ1) is 18.3. The third-order valence-corrected chi connectivity index (χ3v) is 7.84. The van der Waals surface area contributed by atoms with Gasteiger partial charge >= 0.3 is 6.18 Å². The maximum absolute atomic E-state index is 13.7. The molecule has 1 spiro atoms. The molecule has 1 saturated carbocycles. The zero-order valence-electron chi connectivity index (χ0n) is 20.9. The van der Waals surface area contributed by atoms with Gasteiger partial charge in [0.25, 0.3) is 6.43 Å². The van der Waals surface area contributed by atoms with Crippen LogP contribution in [0.5, 0.6) is 0 Å². The molecule has 0 amide bonds. The maximum Gasteiger partial charge on any atom is 0.417 e. The van der Waals surface area contributed by atoms with Crippen LogP contribution in [0, 0.1) is 11.3 Å². The Morgan fingerprint density at radius 1 is 1.26 bits per heavy atom. The van der Waals surface area contributed by atoms with Crippen molar-refractivity contribution >= 4 is 11.3 Å². The number of aryl methyl sites for hydroxylation is 1. The van der Waals surface area contributed by atoms with Gasteiger partial charge in [0.2, 0.25) is 11.7 Å². The fourth-order valence-electron chi connectivity index (χ4n) is 5.70. The van der Waals surface area contributed by atoms with Gasteiger partial charge < -0.3 is 14.5 Å². The summed E-state index contributed by atoms with van der Waals surface area (Å²) >= 11 is 0. The number of alkyl halides is 5. The zero-order chi connectivity index (χ0) is 27.9. The van der Waals surface area contributed by atoms with Crippen molar-refractivity contribution in [3.63, 3.8) is 0 Å². The maximum atomic E-state index is 13.7. The quantitative estimate of drug-likeness (QED) is 0.248. The normalized spacial score (nSPS) is 23.4. The number of aromatic amines is 1. The average Bonchev–Trinajstić information content (AvgIpc) is 3.24. The standard InChI is InChI=1S/C26H24F5N5O3/c1-24(2,38)23-34-19(22(27)28)21(39-23)20(37)15-9-25(15)6-5-16-18(33-11-32-16)14(8-25)17-7-13-4-3-12(26(29,30)31)10-36(13)35-17/h3-4,7,10-11,14-15,22,38H,5-6,8-9H2,1-2H3,(H,32,33)/t14-,15?,25?/m0/s1. The van der Waals surface area contributed by atoms with Gasteiger partial charge in [-0.1, -0.05) is 0 Å². The summed E-state index contributed by atoms with van der Waals surface area (Å²) in [5.41, 5.74) is -1.35. The van der Waals surface area contributed by atoms with Crippen molar-refractivity contribution in [1.29, 1.82) is 0 Å². The minimum absolute atomic E-state index is 0.364. The number of Topliss-reactive ketones (excluding diaryl/α,β-unsaturated/α-hetero) is 1. The van der Waals surface area contributed by atoms with Crippen molar-refractivity contribution in [3.05, 3.63) is 70.7 Å². The molecular formula is C26H24F5N5O3. The van der Waals surface area contributed by atoms with E-state index in [9.17, 15) is 31.9 Å². The number of carbonyl (C=O) groups is 1. The summed E-state index contributed by atoms with van der Waals surface area (Å²) < 4.78 is 73.8. The highest BCUT2D eigenvalue weighted by Gasteiger charge is 2.60. The number of nitrogens with one attached hydrogen (secondary N) is 1. The zero-order valence-corrected chi connectivity index (χ0v) is 20.9. The Morgan fingerprint density at radius 3 is 2.72 bits per heavy atom. The number of nitrogens with zero attached hydrogens (tertiary/aromatic N) is 4. The van der Waals surface area contributed by atoms with Crippen LogP contribution in [-0.2, 0) is 18.2 Å². The van der Waals surface area contributed by atoms with Gasteiger partial charge in [0.1, 0.15) is 5.60 Å². The first kappa shape index (κ1) is 25.7. The largest absolute Gasteiger partial charge is 0.434 e. The van der Waals surface area contributed by atoms with Gasteiger partial charge in [-0.15, -0.1) is 0 Å². The van der Waals surface area contributed by atoms with E-state index < -0.39 is 58.3 Å². The van der Waals surface area contributed by atoms with Crippen LogP contribution < -0.4 is 0 Å². The first-order valence-electron chi connectivity index (χ1n) is 12.4. The van der Waals surface area contributed by atoms with Crippen molar-refractivity contribution in [2.75, 3.05) is 0 Å². The van der Waals surface area contributed by atoms with Crippen molar-refractivity contribution in [2.24, 2.45) is 11.3 Å². The molecule has 4 aromatic rings. The van der Waals surface area contributed by atoms with Crippen molar-refractivity contribution in [3.8, 4) is 0 Å². The highest BCUT2D eigenvalue weighted by molar-refractivity contribution is 5.99. The van der Waals surface area contributed by atoms with Crippen LogP contribution in [0.4, 0.5) is 22.0 Å². The summed E-state index contributed by atoms with van der Waals surface area (Å²) in [5, 5.41) is 14.6. The number of H-pyrrole nitrogens is 1. The molecule has 0 saturated heterocycles. The number of halogens is 5. The minimum Gasteiger partial charge on any atom is -0.434 e. The van der Waals surface area contributed by atoms with Crippen LogP contribution in [-0.4, -0.2) is 35.5 Å². The van der Waals surface area contributed by atoms with Gasteiger partial charge in [-0.2, -0.15) is 18.3 Å². The first-order valence-corrected chi connectivity index (χ1v) is 12.4. The Morgan fingerprint density at radius 2 is 2.03 bits per heavy atom. The minimum atomic E-state index is -4.52. The predicted octanol–water partition coefficient (Wildman–Crippen LogP) is 5.59. The summed E-state index contributed by atoms with van der Waals surface area (Å²) in [5.74, 6) is -2.57. The van der Waals surface area contributed by atoms with Crippen LogP contribution in [0.25, 0.3) is 5.52 Å². The summed E-state index contributed by atoms with van der Waals surface area (Å²) in [6.45, 7) is 2.65. The lowest BCUT2D eigenvalue weighted by molar-refractivity contribution is -0.137. The number of oxazole rings is 1. The van der Waals surface area contributed by atoms with Gasteiger partial charge in [0, 0.05) is 23.7 Å². The highest BCUT2D eigenvalue weighted by Crippen LogP contribution is 2.64. The molecule has 1 fully saturated rings. The molecule has 4 aromatic heterocycles. The number of fused-ring (bicyclic) bond motifs is 2.